The van der Waals surface area contributed by atoms with Gasteiger partial charge in [0.2, 0.25) is 5.95 Å². The van der Waals surface area contributed by atoms with Crippen LogP contribution < -0.4 is 4.90 Å². The van der Waals surface area contributed by atoms with Crippen molar-refractivity contribution in [1.82, 2.24) is 19.9 Å². The molecular weight excluding hydrogens is 360 g/mol. The Morgan fingerprint density at radius 1 is 1.04 bits per heavy atom. The quantitative estimate of drug-likeness (QED) is 0.626. The van der Waals surface area contributed by atoms with Gasteiger partial charge in [-0.25, -0.2) is 19.3 Å². The first-order valence-electron chi connectivity index (χ1n) is 9.49. The Balaban J connectivity index is 1.55. The zero-order chi connectivity index (χ0) is 19.3. The number of fused-ring (bicyclic) bond motifs is 4. The van der Waals surface area contributed by atoms with Crippen molar-refractivity contribution < 1.29 is 8.78 Å². The Bertz CT molecular complexity index is 1020. The first kappa shape index (κ1) is 17.2. The van der Waals surface area contributed by atoms with Gasteiger partial charge in [0.15, 0.2) is 5.82 Å². The summed E-state index contributed by atoms with van der Waals surface area (Å²) in [5.74, 6) is -0.443. The molecule has 0 saturated carbocycles. The first-order valence-corrected chi connectivity index (χ1v) is 9.49. The van der Waals surface area contributed by atoms with Crippen LogP contribution in [0.1, 0.15) is 42.1 Å². The van der Waals surface area contributed by atoms with Gasteiger partial charge in [-0.3, -0.25) is 4.98 Å². The molecule has 1 fully saturated rings. The molecule has 3 aromatic rings. The van der Waals surface area contributed by atoms with Crippen molar-refractivity contribution in [3.63, 3.8) is 0 Å². The van der Waals surface area contributed by atoms with Crippen molar-refractivity contribution in [1.29, 1.82) is 0 Å². The SMILES string of the molecule is Cc1ccc(-c2ncc3c(n2)C[C@H]2CCC[C@@H]3N2c2cc(F)cc(F)n2)nc1. The summed E-state index contributed by atoms with van der Waals surface area (Å²) in [7, 11) is 0. The van der Waals surface area contributed by atoms with E-state index < -0.39 is 11.8 Å². The molecule has 0 aliphatic carbocycles. The lowest BCUT2D eigenvalue weighted by molar-refractivity contribution is 0.352. The van der Waals surface area contributed by atoms with E-state index >= 15 is 0 Å². The molecule has 2 atom stereocenters. The number of rotatable bonds is 2. The number of nitrogens with zero attached hydrogens (tertiary/aromatic N) is 5. The summed E-state index contributed by atoms with van der Waals surface area (Å²) in [6.07, 6.45) is 7.23. The molecule has 2 aliphatic rings. The molecule has 5 heterocycles. The predicted molar refractivity (Wildman–Crippen MR) is 101 cm³/mol. The van der Waals surface area contributed by atoms with Crippen molar-refractivity contribution in [2.24, 2.45) is 0 Å². The van der Waals surface area contributed by atoms with Gasteiger partial charge in [0.05, 0.1) is 11.7 Å². The maximum Gasteiger partial charge on any atom is 0.217 e. The molecule has 28 heavy (non-hydrogen) atoms. The van der Waals surface area contributed by atoms with E-state index in [1.165, 1.54) is 6.07 Å². The Labute approximate surface area is 161 Å². The van der Waals surface area contributed by atoms with Crippen molar-refractivity contribution in [2.45, 2.75) is 44.7 Å². The Hall–Kier alpha value is -2.96. The number of aryl methyl sites for hydroxylation is 1. The van der Waals surface area contributed by atoms with Crippen LogP contribution in [0.25, 0.3) is 11.5 Å². The minimum atomic E-state index is -0.795. The van der Waals surface area contributed by atoms with Crippen LogP contribution in [0.5, 0.6) is 0 Å². The molecule has 3 aromatic heterocycles. The third-order valence-corrected chi connectivity index (χ3v) is 5.58. The van der Waals surface area contributed by atoms with E-state index in [0.29, 0.717) is 18.1 Å². The number of hydrogen-bond acceptors (Lipinski definition) is 5. The highest BCUT2D eigenvalue weighted by atomic mass is 19.1. The van der Waals surface area contributed by atoms with Crippen LogP contribution in [0.4, 0.5) is 14.6 Å². The molecule has 0 spiro atoms. The summed E-state index contributed by atoms with van der Waals surface area (Å²) < 4.78 is 27.5. The van der Waals surface area contributed by atoms with Gasteiger partial charge in [0.25, 0.3) is 0 Å². The zero-order valence-corrected chi connectivity index (χ0v) is 15.4. The molecule has 0 unspecified atom stereocenters. The molecule has 0 radical (unpaired) electrons. The van der Waals surface area contributed by atoms with E-state index in [1.807, 2.05) is 30.2 Å². The average Bonchev–Trinajstić information content (AvgIpc) is 2.67. The maximum absolute atomic E-state index is 13.8. The molecule has 0 aromatic carbocycles. The molecule has 2 aliphatic heterocycles. The third kappa shape index (κ3) is 2.91. The van der Waals surface area contributed by atoms with Gasteiger partial charge < -0.3 is 4.90 Å². The monoisotopic (exact) mass is 379 g/mol. The van der Waals surface area contributed by atoms with E-state index in [-0.39, 0.29) is 12.1 Å². The number of piperidine rings is 1. The van der Waals surface area contributed by atoms with E-state index in [9.17, 15) is 8.78 Å². The number of anilines is 1. The van der Waals surface area contributed by atoms with Crippen LogP contribution in [-0.2, 0) is 6.42 Å². The van der Waals surface area contributed by atoms with Gasteiger partial charge in [0.1, 0.15) is 17.3 Å². The summed E-state index contributed by atoms with van der Waals surface area (Å²) in [6.45, 7) is 1.99. The van der Waals surface area contributed by atoms with Gasteiger partial charge in [-0.05, 0) is 37.8 Å². The molecule has 1 saturated heterocycles. The lowest BCUT2D eigenvalue weighted by atomic mass is 9.82. The summed E-state index contributed by atoms with van der Waals surface area (Å²) >= 11 is 0. The summed E-state index contributed by atoms with van der Waals surface area (Å²) in [6, 6.07) is 6.13. The second-order valence-corrected chi connectivity index (χ2v) is 7.49. The van der Waals surface area contributed by atoms with Crippen LogP contribution in [0, 0.1) is 18.7 Å². The van der Waals surface area contributed by atoms with Crippen molar-refractivity contribution in [2.75, 3.05) is 4.90 Å². The average molecular weight is 379 g/mol. The van der Waals surface area contributed by atoms with Gasteiger partial charge in [-0.2, -0.15) is 4.39 Å². The molecule has 5 nitrogen and oxygen atoms in total. The number of hydrogen-bond donors (Lipinski definition) is 0. The number of pyridine rings is 2. The van der Waals surface area contributed by atoms with Crippen LogP contribution >= 0.6 is 0 Å². The predicted octanol–water partition coefficient (Wildman–Crippen LogP) is 4.18. The normalized spacial score (nSPS) is 20.8. The van der Waals surface area contributed by atoms with E-state index in [1.54, 1.807) is 6.20 Å². The lowest BCUT2D eigenvalue weighted by Gasteiger charge is -2.47. The minimum absolute atomic E-state index is 0.0174. The fraction of sp³-hybridized carbons (Fsp3) is 0.333. The van der Waals surface area contributed by atoms with E-state index in [2.05, 4.69) is 15.0 Å². The molecule has 5 rings (SSSR count). The standard InChI is InChI=1S/C21H19F2N5/c1-12-5-6-16(24-10-12)21-25-11-15-17(26-21)9-14-3-2-4-18(15)28(14)20-8-13(22)7-19(23)27-20/h5-8,10-11,14,18H,2-4,9H2,1H3/t14-,18+/m1/s1. The Kier molecular flexibility index (Phi) is 4.03. The molecular formula is C21H19F2N5. The van der Waals surface area contributed by atoms with Crippen LogP contribution in [0.3, 0.4) is 0 Å². The number of aromatic nitrogens is 4. The molecule has 2 bridgehead atoms. The first-order chi connectivity index (χ1) is 13.6. The fourth-order valence-corrected chi connectivity index (χ4v) is 4.33. The highest BCUT2D eigenvalue weighted by molar-refractivity contribution is 5.53. The van der Waals surface area contributed by atoms with Crippen LogP contribution in [-0.4, -0.2) is 26.0 Å². The van der Waals surface area contributed by atoms with Crippen LogP contribution in [0.15, 0.2) is 36.7 Å². The van der Waals surface area contributed by atoms with Gasteiger partial charge in [-0.1, -0.05) is 6.07 Å². The molecule has 0 amide bonds. The second-order valence-electron chi connectivity index (χ2n) is 7.49. The topological polar surface area (TPSA) is 54.8 Å². The summed E-state index contributed by atoms with van der Waals surface area (Å²) in [5, 5.41) is 0. The third-order valence-electron chi connectivity index (χ3n) is 5.58. The fourth-order valence-electron chi connectivity index (χ4n) is 4.33. The van der Waals surface area contributed by atoms with Gasteiger partial charge >= 0.3 is 0 Å². The van der Waals surface area contributed by atoms with E-state index in [0.717, 1.165) is 47.8 Å². The lowest BCUT2D eigenvalue weighted by Crippen LogP contribution is -2.47. The van der Waals surface area contributed by atoms with Crippen molar-refractivity contribution in [3.8, 4) is 11.5 Å². The minimum Gasteiger partial charge on any atom is -0.346 e. The largest absolute Gasteiger partial charge is 0.346 e. The van der Waals surface area contributed by atoms with Crippen LogP contribution in [0.2, 0.25) is 0 Å². The Morgan fingerprint density at radius 3 is 2.71 bits per heavy atom. The highest BCUT2D eigenvalue weighted by Crippen LogP contribution is 2.43. The second kappa shape index (κ2) is 6.58. The summed E-state index contributed by atoms with van der Waals surface area (Å²) in [4.78, 5) is 19.7. The smallest absolute Gasteiger partial charge is 0.217 e. The Morgan fingerprint density at radius 2 is 1.93 bits per heavy atom. The molecule has 0 N–H and O–H groups in total. The van der Waals surface area contributed by atoms with E-state index in [4.69, 9.17) is 4.98 Å². The molecule has 7 heteroatoms. The highest BCUT2D eigenvalue weighted by Gasteiger charge is 2.39. The zero-order valence-electron chi connectivity index (χ0n) is 15.4. The number of halogens is 2. The van der Waals surface area contributed by atoms with Crippen molar-refractivity contribution >= 4 is 5.82 Å². The molecule has 142 valence electrons. The van der Waals surface area contributed by atoms with Gasteiger partial charge in [-0.15, -0.1) is 0 Å². The maximum atomic E-state index is 13.8. The summed E-state index contributed by atoms with van der Waals surface area (Å²) in [5.41, 5.74) is 3.84. The van der Waals surface area contributed by atoms with Gasteiger partial charge in [0, 0.05) is 42.6 Å². The van der Waals surface area contributed by atoms with Crippen molar-refractivity contribution in [3.05, 3.63) is 65.2 Å².